The van der Waals surface area contributed by atoms with Gasteiger partial charge in [0.15, 0.2) is 5.03 Å². The lowest BCUT2D eigenvalue weighted by molar-refractivity contribution is -0.136. The normalized spacial score (nSPS) is 13.1. The van der Waals surface area contributed by atoms with E-state index < -0.39 is 27.6 Å². The molecule has 2 N–H and O–H groups in total. The Labute approximate surface area is 83.8 Å². The molecule has 1 rings (SSSR count). The zero-order valence-electron chi connectivity index (χ0n) is 7.40. The zero-order valence-corrected chi connectivity index (χ0v) is 8.22. The van der Waals surface area contributed by atoms with Crippen LogP contribution >= 0.6 is 0 Å². The molecule has 86 valence electrons. The van der Waals surface area contributed by atoms with Gasteiger partial charge in [0, 0.05) is 12.7 Å². The largest absolute Gasteiger partial charge is 0.390 e. The smallest absolute Gasteiger partial charge is 0.336 e. The van der Waals surface area contributed by atoms with Crippen molar-refractivity contribution in [2.24, 2.45) is 5.14 Å². The first-order valence-electron chi connectivity index (χ1n) is 3.80. The van der Waals surface area contributed by atoms with Gasteiger partial charge >= 0.3 is 6.18 Å². The molecule has 0 radical (unpaired) electrons. The Morgan fingerprint density at radius 1 is 1.47 bits per heavy atom. The summed E-state index contributed by atoms with van der Waals surface area (Å²) in [4.78, 5) is 3.37. The molecule has 5 nitrogen and oxygen atoms in total. The number of aromatic nitrogens is 2. The second kappa shape index (κ2) is 3.81. The van der Waals surface area contributed by atoms with Gasteiger partial charge in [-0.3, -0.25) is 0 Å². The maximum Gasteiger partial charge on any atom is 0.390 e. The van der Waals surface area contributed by atoms with Gasteiger partial charge in [-0.2, -0.15) is 13.2 Å². The van der Waals surface area contributed by atoms with Crippen molar-refractivity contribution in [1.29, 1.82) is 0 Å². The number of hydrogen-bond donors (Lipinski definition) is 1. The molecular formula is C6H8F3N3O2S. The Morgan fingerprint density at radius 2 is 2.07 bits per heavy atom. The third-order valence-corrected chi connectivity index (χ3v) is 2.35. The third-order valence-electron chi connectivity index (χ3n) is 1.55. The number of halogens is 3. The van der Waals surface area contributed by atoms with Gasteiger partial charge in [0.05, 0.1) is 12.7 Å². The molecule has 0 atom stereocenters. The van der Waals surface area contributed by atoms with E-state index in [9.17, 15) is 21.6 Å². The van der Waals surface area contributed by atoms with Crippen LogP contribution in [-0.2, 0) is 16.6 Å². The number of sulfonamides is 1. The average molecular weight is 243 g/mol. The Morgan fingerprint density at radius 3 is 2.47 bits per heavy atom. The van der Waals surface area contributed by atoms with E-state index in [0.29, 0.717) is 0 Å². The molecule has 0 aliphatic carbocycles. The summed E-state index contributed by atoms with van der Waals surface area (Å²) in [6.45, 7) is -0.383. The number of alkyl halides is 3. The molecule has 0 bridgehead atoms. The van der Waals surface area contributed by atoms with E-state index in [4.69, 9.17) is 5.14 Å². The van der Waals surface area contributed by atoms with Crippen LogP contribution in [0.3, 0.4) is 0 Å². The monoisotopic (exact) mass is 243 g/mol. The van der Waals surface area contributed by atoms with Crippen molar-refractivity contribution in [3.8, 4) is 0 Å². The Balaban J connectivity index is 2.70. The molecule has 15 heavy (non-hydrogen) atoms. The van der Waals surface area contributed by atoms with E-state index in [1.807, 2.05) is 0 Å². The first-order valence-corrected chi connectivity index (χ1v) is 5.34. The summed E-state index contributed by atoms with van der Waals surface area (Å²) in [6, 6.07) is 0. The van der Waals surface area contributed by atoms with Gasteiger partial charge in [-0.15, -0.1) is 0 Å². The lowest BCUT2D eigenvalue weighted by Crippen LogP contribution is -2.13. The van der Waals surface area contributed by atoms with Crippen LogP contribution < -0.4 is 5.14 Å². The van der Waals surface area contributed by atoms with Gasteiger partial charge in [0.1, 0.15) is 0 Å². The molecule has 0 spiro atoms. The molecule has 0 unspecified atom stereocenters. The van der Waals surface area contributed by atoms with Crippen LogP contribution in [0.1, 0.15) is 6.42 Å². The van der Waals surface area contributed by atoms with Gasteiger partial charge in [-0.25, -0.2) is 18.5 Å². The van der Waals surface area contributed by atoms with Crippen LogP contribution in [-0.4, -0.2) is 24.1 Å². The van der Waals surface area contributed by atoms with Crippen LogP contribution in [0.25, 0.3) is 0 Å². The highest BCUT2D eigenvalue weighted by Gasteiger charge is 2.26. The summed E-state index contributed by atoms with van der Waals surface area (Å²) < 4.78 is 57.9. The van der Waals surface area contributed by atoms with E-state index in [1.165, 1.54) is 0 Å². The molecule has 0 amide bonds. The number of rotatable bonds is 3. The summed E-state index contributed by atoms with van der Waals surface area (Å²) in [5, 5.41) is 4.29. The number of primary sulfonamides is 1. The van der Waals surface area contributed by atoms with Crippen molar-refractivity contribution in [2.75, 3.05) is 0 Å². The second-order valence-corrected chi connectivity index (χ2v) is 4.37. The van der Waals surface area contributed by atoms with E-state index in [0.717, 1.165) is 17.1 Å². The maximum absolute atomic E-state index is 11.8. The highest BCUT2D eigenvalue weighted by atomic mass is 32.2. The first kappa shape index (κ1) is 12.0. The minimum atomic E-state index is -4.29. The highest BCUT2D eigenvalue weighted by molar-refractivity contribution is 7.89. The predicted octanol–water partition coefficient (Wildman–Crippen LogP) is 0.483. The minimum Gasteiger partial charge on any atom is -0.336 e. The lowest BCUT2D eigenvalue weighted by atomic mass is 10.4. The first-order chi connectivity index (χ1) is 6.68. The van der Waals surface area contributed by atoms with Crippen LogP contribution in [0, 0.1) is 0 Å². The van der Waals surface area contributed by atoms with Gasteiger partial charge in [-0.1, -0.05) is 0 Å². The summed E-state index contributed by atoms with van der Waals surface area (Å²) in [6.07, 6.45) is -3.38. The van der Waals surface area contributed by atoms with Crippen molar-refractivity contribution in [3.05, 3.63) is 12.5 Å². The van der Waals surface area contributed by atoms with E-state index in [1.54, 1.807) is 0 Å². The highest BCUT2D eigenvalue weighted by Crippen LogP contribution is 2.20. The summed E-state index contributed by atoms with van der Waals surface area (Å²) in [7, 11) is -3.95. The van der Waals surface area contributed by atoms with Crippen molar-refractivity contribution in [1.82, 2.24) is 9.55 Å². The molecular weight excluding hydrogens is 235 g/mol. The predicted molar refractivity (Wildman–Crippen MR) is 44.3 cm³/mol. The van der Waals surface area contributed by atoms with Crippen LogP contribution in [0.5, 0.6) is 0 Å². The van der Waals surface area contributed by atoms with E-state index >= 15 is 0 Å². The SMILES string of the molecule is NS(=O)(=O)c1cn(CCC(F)(F)F)cn1. The topological polar surface area (TPSA) is 78.0 Å². The molecule has 0 saturated carbocycles. The summed E-state index contributed by atoms with van der Waals surface area (Å²) >= 11 is 0. The molecule has 1 aromatic heterocycles. The van der Waals surface area contributed by atoms with Crippen LogP contribution in [0.2, 0.25) is 0 Å². The van der Waals surface area contributed by atoms with Gasteiger partial charge in [0.2, 0.25) is 0 Å². The quantitative estimate of drug-likeness (QED) is 0.838. The lowest BCUT2D eigenvalue weighted by Gasteiger charge is -2.05. The van der Waals surface area contributed by atoms with Crippen molar-refractivity contribution in [2.45, 2.75) is 24.2 Å². The fourth-order valence-electron chi connectivity index (χ4n) is 0.865. The van der Waals surface area contributed by atoms with E-state index in [-0.39, 0.29) is 6.54 Å². The van der Waals surface area contributed by atoms with Gasteiger partial charge < -0.3 is 4.57 Å². The number of hydrogen-bond acceptors (Lipinski definition) is 3. The molecule has 0 aliphatic rings. The summed E-state index contributed by atoms with van der Waals surface area (Å²) in [5.41, 5.74) is 0. The Bertz CT molecular complexity index is 437. The second-order valence-electron chi connectivity index (χ2n) is 2.86. The molecule has 9 heteroatoms. The van der Waals surface area contributed by atoms with Crippen LogP contribution in [0.4, 0.5) is 13.2 Å². The number of aryl methyl sites for hydroxylation is 1. The summed E-state index contributed by atoms with van der Waals surface area (Å²) in [5.74, 6) is 0. The van der Waals surface area contributed by atoms with E-state index in [2.05, 4.69) is 4.98 Å². The standard InChI is InChI=1S/C6H8F3N3O2S/c7-6(8,9)1-2-12-3-5(11-4-12)15(10,13)14/h3-4H,1-2H2,(H2,10,13,14). The maximum atomic E-state index is 11.8. The molecule has 1 heterocycles. The van der Waals surface area contributed by atoms with Crippen LogP contribution in [0.15, 0.2) is 17.6 Å². The zero-order chi connectivity index (χ0) is 11.7. The molecule has 0 saturated heterocycles. The fourth-order valence-corrected chi connectivity index (χ4v) is 1.34. The molecule has 0 aromatic carbocycles. The third kappa shape index (κ3) is 3.88. The number of nitrogens with two attached hydrogens (primary N) is 1. The Kier molecular flexibility index (Phi) is 3.05. The van der Waals surface area contributed by atoms with Crippen molar-refractivity contribution >= 4 is 10.0 Å². The van der Waals surface area contributed by atoms with Gasteiger partial charge in [-0.05, 0) is 0 Å². The van der Waals surface area contributed by atoms with Gasteiger partial charge in [0.25, 0.3) is 10.0 Å². The molecule has 0 aliphatic heterocycles. The minimum absolute atomic E-state index is 0.383. The molecule has 0 fully saturated rings. The van der Waals surface area contributed by atoms with Crippen molar-refractivity contribution in [3.63, 3.8) is 0 Å². The number of imidazole rings is 1. The number of nitrogens with zero attached hydrogens (tertiary/aromatic N) is 2. The van der Waals surface area contributed by atoms with Crippen molar-refractivity contribution < 1.29 is 21.6 Å². The molecule has 1 aromatic rings. The average Bonchev–Trinajstić information content (AvgIpc) is 2.45. The fraction of sp³-hybridized carbons (Fsp3) is 0.500. The Hall–Kier alpha value is -1.09.